The largest absolute Gasteiger partial charge is 0.493 e. The maximum absolute atomic E-state index is 13.7. The van der Waals surface area contributed by atoms with Crippen LogP contribution in [0.1, 0.15) is 47.9 Å². The van der Waals surface area contributed by atoms with Crippen molar-refractivity contribution >= 4 is 0 Å². The Morgan fingerprint density at radius 2 is 1.76 bits per heavy atom. The zero-order valence-corrected chi connectivity index (χ0v) is 17.8. The highest BCUT2D eigenvalue weighted by atomic mass is 19.4. The predicted octanol–water partition coefficient (Wildman–Crippen LogP) is 6.21. The van der Waals surface area contributed by atoms with E-state index in [-0.39, 0.29) is 29.8 Å². The second-order valence-electron chi connectivity index (χ2n) is 7.96. The highest BCUT2D eigenvalue weighted by Gasteiger charge is 2.35. The molecular formula is C23H21F6N3O2. The number of rotatable bonds is 7. The molecule has 0 amide bonds. The smallest absolute Gasteiger partial charge is 0.419 e. The van der Waals surface area contributed by atoms with Crippen LogP contribution in [0.25, 0.3) is 11.4 Å². The molecule has 0 aliphatic carbocycles. The fraction of sp³-hybridized carbons (Fsp3) is 0.391. The maximum Gasteiger partial charge on any atom is 0.419 e. The van der Waals surface area contributed by atoms with Crippen LogP contribution < -0.4 is 10.1 Å². The van der Waals surface area contributed by atoms with Crippen molar-refractivity contribution in [1.82, 2.24) is 15.5 Å². The maximum atomic E-state index is 13.7. The molecule has 1 saturated heterocycles. The highest BCUT2D eigenvalue weighted by Crippen LogP contribution is 2.39. The third kappa shape index (κ3) is 5.69. The molecule has 1 atom stereocenters. The summed E-state index contributed by atoms with van der Waals surface area (Å²) in [6.07, 6.45) is -6.64. The third-order valence-corrected chi connectivity index (χ3v) is 5.49. The highest BCUT2D eigenvalue weighted by molar-refractivity contribution is 5.59. The molecule has 5 nitrogen and oxygen atoms in total. The second kappa shape index (κ2) is 9.65. The number of aromatic nitrogens is 2. The van der Waals surface area contributed by atoms with E-state index in [9.17, 15) is 26.3 Å². The Morgan fingerprint density at radius 1 is 1.00 bits per heavy atom. The average Bonchev–Trinajstić information content (AvgIpc) is 3.48. The van der Waals surface area contributed by atoms with Crippen LogP contribution in [0.2, 0.25) is 0 Å². The molecule has 1 N–H and O–H groups in total. The minimum absolute atomic E-state index is 0.0385. The number of benzene rings is 2. The standard InChI is InChI=1S/C23H21F6N3O2/c24-22(25,26)16-8-5-14(6-9-16)3-2-12-33-19-10-7-15(13-17(19)23(27,28)29)20-31-21(34-32-20)18-4-1-11-30-18/h5-10,13,18,30H,1-4,11-12H2/t18-/m0/s1. The zero-order valence-electron chi connectivity index (χ0n) is 17.8. The number of hydrogen-bond donors (Lipinski definition) is 1. The number of alkyl halides is 6. The third-order valence-electron chi connectivity index (χ3n) is 5.49. The normalized spacial score (nSPS) is 16.7. The van der Waals surface area contributed by atoms with Gasteiger partial charge in [0.1, 0.15) is 5.75 Å². The van der Waals surface area contributed by atoms with Gasteiger partial charge in [-0.3, -0.25) is 0 Å². The summed E-state index contributed by atoms with van der Waals surface area (Å²) in [5.41, 5.74) is -0.939. The average molecular weight is 485 g/mol. The van der Waals surface area contributed by atoms with Gasteiger partial charge in [-0.1, -0.05) is 17.3 Å². The van der Waals surface area contributed by atoms with Crippen molar-refractivity contribution in [2.45, 2.75) is 44.1 Å². The molecule has 0 spiro atoms. The van der Waals surface area contributed by atoms with Gasteiger partial charge >= 0.3 is 12.4 Å². The molecule has 182 valence electrons. The van der Waals surface area contributed by atoms with Crippen molar-refractivity contribution in [1.29, 1.82) is 0 Å². The van der Waals surface area contributed by atoms with Gasteiger partial charge < -0.3 is 14.6 Å². The van der Waals surface area contributed by atoms with Gasteiger partial charge in [-0.05, 0) is 68.1 Å². The second-order valence-corrected chi connectivity index (χ2v) is 7.96. The number of ether oxygens (including phenoxy) is 1. The summed E-state index contributed by atoms with van der Waals surface area (Å²) >= 11 is 0. The first-order chi connectivity index (χ1) is 16.1. The first-order valence-corrected chi connectivity index (χ1v) is 10.7. The lowest BCUT2D eigenvalue weighted by atomic mass is 10.1. The van der Waals surface area contributed by atoms with Crippen molar-refractivity contribution < 1.29 is 35.6 Å². The zero-order chi connectivity index (χ0) is 24.3. The molecule has 2 heterocycles. The Kier molecular flexibility index (Phi) is 6.83. The van der Waals surface area contributed by atoms with Gasteiger partial charge in [0.2, 0.25) is 11.7 Å². The summed E-state index contributed by atoms with van der Waals surface area (Å²) in [6, 6.07) is 8.10. The molecule has 4 rings (SSSR count). The first kappa shape index (κ1) is 24.1. The molecule has 1 aliphatic heterocycles. The van der Waals surface area contributed by atoms with Gasteiger partial charge in [-0.15, -0.1) is 0 Å². The van der Waals surface area contributed by atoms with E-state index in [0.29, 0.717) is 24.3 Å². The molecule has 0 saturated carbocycles. The summed E-state index contributed by atoms with van der Waals surface area (Å²) in [7, 11) is 0. The Balaban J connectivity index is 1.41. The van der Waals surface area contributed by atoms with Crippen LogP contribution in [0.3, 0.4) is 0 Å². The number of nitrogens with zero attached hydrogens (tertiary/aromatic N) is 2. The predicted molar refractivity (Wildman–Crippen MR) is 110 cm³/mol. The van der Waals surface area contributed by atoms with E-state index in [2.05, 4.69) is 15.5 Å². The molecule has 1 fully saturated rings. The van der Waals surface area contributed by atoms with Crippen LogP contribution in [-0.2, 0) is 18.8 Å². The molecule has 0 unspecified atom stereocenters. The first-order valence-electron chi connectivity index (χ1n) is 10.7. The Bertz CT molecular complexity index is 1100. The SMILES string of the molecule is FC(F)(F)c1ccc(CCCOc2ccc(-c3noc([C@@H]4CCCN4)n3)cc2C(F)(F)F)cc1. The van der Waals surface area contributed by atoms with Gasteiger partial charge in [0.15, 0.2) is 0 Å². The van der Waals surface area contributed by atoms with E-state index < -0.39 is 23.5 Å². The Morgan fingerprint density at radius 3 is 2.41 bits per heavy atom. The van der Waals surface area contributed by atoms with Crippen LogP contribution in [0.15, 0.2) is 47.0 Å². The molecule has 11 heteroatoms. The topological polar surface area (TPSA) is 60.2 Å². The summed E-state index contributed by atoms with van der Waals surface area (Å²) in [4.78, 5) is 4.23. The van der Waals surface area contributed by atoms with E-state index in [4.69, 9.17) is 9.26 Å². The van der Waals surface area contributed by atoms with Gasteiger partial charge in [0.05, 0.1) is 23.8 Å². The molecule has 1 aromatic heterocycles. The van der Waals surface area contributed by atoms with Crippen LogP contribution in [0, 0.1) is 0 Å². The van der Waals surface area contributed by atoms with Crippen molar-refractivity contribution in [3.8, 4) is 17.1 Å². The minimum Gasteiger partial charge on any atom is -0.493 e. The number of nitrogens with one attached hydrogen (secondary N) is 1. The Labute approximate surface area is 191 Å². The lowest BCUT2D eigenvalue weighted by Crippen LogP contribution is -2.13. The van der Waals surface area contributed by atoms with Crippen LogP contribution in [-0.4, -0.2) is 23.3 Å². The molecule has 0 radical (unpaired) electrons. The summed E-state index contributed by atoms with van der Waals surface area (Å²) in [6.45, 7) is 0.772. The van der Waals surface area contributed by atoms with Crippen molar-refractivity contribution in [2.24, 2.45) is 0 Å². The molecule has 2 aromatic carbocycles. The van der Waals surface area contributed by atoms with Gasteiger partial charge in [-0.25, -0.2) is 0 Å². The van der Waals surface area contributed by atoms with Gasteiger partial charge in [-0.2, -0.15) is 31.3 Å². The van der Waals surface area contributed by atoms with Crippen LogP contribution >= 0.6 is 0 Å². The van der Waals surface area contributed by atoms with Crippen molar-refractivity contribution in [3.05, 3.63) is 65.0 Å². The Hall–Kier alpha value is -3.08. The van der Waals surface area contributed by atoms with E-state index in [1.165, 1.54) is 24.3 Å². The summed E-state index contributed by atoms with van der Waals surface area (Å²) in [5, 5.41) is 7.00. The summed E-state index contributed by atoms with van der Waals surface area (Å²) in [5.74, 6) is 0.0533. The molecule has 3 aromatic rings. The lowest BCUT2D eigenvalue weighted by molar-refractivity contribution is -0.139. The quantitative estimate of drug-likeness (QED) is 0.319. The fourth-order valence-electron chi connectivity index (χ4n) is 3.72. The number of aryl methyl sites for hydroxylation is 1. The molecule has 0 bridgehead atoms. The van der Waals surface area contributed by atoms with E-state index in [1.54, 1.807) is 0 Å². The van der Waals surface area contributed by atoms with E-state index in [1.807, 2.05) is 0 Å². The number of halogens is 6. The van der Waals surface area contributed by atoms with Crippen LogP contribution in [0.4, 0.5) is 26.3 Å². The summed E-state index contributed by atoms with van der Waals surface area (Å²) < 4.78 is 89.4. The molecular weight excluding hydrogens is 464 g/mol. The number of hydrogen-bond acceptors (Lipinski definition) is 5. The van der Waals surface area contributed by atoms with Crippen molar-refractivity contribution in [2.75, 3.05) is 13.2 Å². The fourth-order valence-corrected chi connectivity index (χ4v) is 3.72. The molecule has 34 heavy (non-hydrogen) atoms. The van der Waals surface area contributed by atoms with Gasteiger partial charge in [0.25, 0.3) is 0 Å². The minimum atomic E-state index is -4.67. The van der Waals surface area contributed by atoms with E-state index in [0.717, 1.165) is 37.6 Å². The van der Waals surface area contributed by atoms with E-state index >= 15 is 0 Å². The lowest BCUT2D eigenvalue weighted by Gasteiger charge is -2.15. The van der Waals surface area contributed by atoms with Gasteiger partial charge in [0, 0.05) is 5.56 Å². The monoisotopic (exact) mass is 485 g/mol. The molecule has 1 aliphatic rings. The van der Waals surface area contributed by atoms with Crippen molar-refractivity contribution in [3.63, 3.8) is 0 Å². The van der Waals surface area contributed by atoms with Crippen LogP contribution in [0.5, 0.6) is 5.75 Å².